The van der Waals surface area contributed by atoms with Crippen molar-refractivity contribution in [2.45, 2.75) is 25.3 Å². The molecule has 2 aromatic heterocycles. The minimum absolute atomic E-state index is 0.204. The maximum Gasteiger partial charge on any atom is 0.123 e. The SMILES string of the molecule is CSc1ccc(-c2nccc3c(C)c(C)n(Cc4cccc(F)c4)c23)cc1. The lowest BCUT2D eigenvalue weighted by Crippen LogP contribution is -2.03. The highest BCUT2D eigenvalue weighted by Gasteiger charge is 2.16. The summed E-state index contributed by atoms with van der Waals surface area (Å²) < 4.78 is 15.9. The van der Waals surface area contributed by atoms with Gasteiger partial charge in [0.2, 0.25) is 0 Å². The van der Waals surface area contributed by atoms with Crippen LogP contribution in [0, 0.1) is 19.7 Å². The van der Waals surface area contributed by atoms with Crippen molar-refractivity contribution in [1.82, 2.24) is 9.55 Å². The third-order valence-electron chi connectivity index (χ3n) is 5.14. The van der Waals surface area contributed by atoms with E-state index in [2.05, 4.69) is 55.0 Å². The number of hydrogen-bond donors (Lipinski definition) is 0. The third-order valence-corrected chi connectivity index (χ3v) is 5.88. The Balaban J connectivity index is 1.91. The highest BCUT2D eigenvalue weighted by molar-refractivity contribution is 7.98. The molecule has 0 saturated heterocycles. The fraction of sp³-hybridized carbons (Fsp3) is 0.174. The first-order valence-electron chi connectivity index (χ1n) is 8.91. The summed E-state index contributed by atoms with van der Waals surface area (Å²) in [4.78, 5) is 5.94. The molecule has 4 aromatic rings. The summed E-state index contributed by atoms with van der Waals surface area (Å²) in [6.07, 6.45) is 3.95. The molecule has 2 aromatic carbocycles. The summed E-state index contributed by atoms with van der Waals surface area (Å²) >= 11 is 1.73. The van der Waals surface area contributed by atoms with Gasteiger partial charge >= 0.3 is 0 Å². The summed E-state index contributed by atoms with van der Waals surface area (Å²) in [6.45, 7) is 4.88. The van der Waals surface area contributed by atoms with Crippen LogP contribution < -0.4 is 0 Å². The molecule has 0 aliphatic heterocycles. The van der Waals surface area contributed by atoms with Gasteiger partial charge in [-0.1, -0.05) is 24.3 Å². The molecule has 4 rings (SSSR count). The predicted molar refractivity (Wildman–Crippen MR) is 112 cm³/mol. The van der Waals surface area contributed by atoms with E-state index in [1.165, 1.54) is 27.6 Å². The lowest BCUT2D eigenvalue weighted by atomic mass is 10.1. The van der Waals surface area contributed by atoms with Crippen molar-refractivity contribution in [2.75, 3.05) is 6.26 Å². The minimum Gasteiger partial charge on any atom is -0.338 e. The largest absolute Gasteiger partial charge is 0.338 e. The number of nitrogens with zero attached hydrogens (tertiary/aromatic N) is 2. The molecule has 0 bridgehead atoms. The first-order chi connectivity index (χ1) is 13.1. The highest BCUT2D eigenvalue weighted by atomic mass is 32.2. The van der Waals surface area contributed by atoms with Gasteiger partial charge in [-0.25, -0.2) is 4.39 Å². The van der Waals surface area contributed by atoms with Gasteiger partial charge in [0.15, 0.2) is 0 Å². The number of benzene rings is 2. The van der Waals surface area contributed by atoms with Crippen LogP contribution >= 0.6 is 11.8 Å². The molecule has 0 unspecified atom stereocenters. The Labute approximate surface area is 163 Å². The molecule has 0 fully saturated rings. The van der Waals surface area contributed by atoms with E-state index in [9.17, 15) is 4.39 Å². The standard InChI is InChI=1S/C23H21FN2S/c1-15-16(2)26(14-17-5-4-6-19(24)13-17)23-21(15)11-12-25-22(23)18-7-9-20(27-3)10-8-18/h4-13H,14H2,1-3H3. The molecule has 0 saturated carbocycles. The monoisotopic (exact) mass is 376 g/mol. The summed E-state index contributed by atoms with van der Waals surface area (Å²) in [5.74, 6) is -0.204. The van der Waals surface area contributed by atoms with E-state index in [0.29, 0.717) is 6.54 Å². The number of halogens is 1. The molecule has 27 heavy (non-hydrogen) atoms. The van der Waals surface area contributed by atoms with Crippen molar-refractivity contribution < 1.29 is 4.39 Å². The van der Waals surface area contributed by atoms with Crippen molar-refractivity contribution in [2.24, 2.45) is 0 Å². The van der Waals surface area contributed by atoms with E-state index < -0.39 is 0 Å². The average Bonchev–Trinajstić information content (AvgIpc) is 2.93. The molecular formula is C23H21FN2S. The topological polar surface area (TPSA) is 17.8 Å². The number of pyridine rings is 1. The molecule has 2 nitrogen and oxygen atoms in total. The van der Waals surface area contributed by atoms with Gasteiger partial charge in [-0.05, 0) is 61.6 Å². The van der Waals surface area contributed by atoms with Crippen molar-refractivity contribution in [1.29, 1.82) is 0 Å². The molecule has 136 valence electrons. The van der Waals surface area contributed by atoms with Crippen LogP contribution in [0.3, 0.4) is 0 Å². The lowest BCUT2D eigenvalue weighted by Gasteiger charge is -2.12. The Hall–Kier alpha value is -2.59. The number of fused-ring (bicyclic) bond motifs is 1. The molecule has 2 heterocycles. The van der Waals surface area contributed by atoms with Crippen molar-refractivity contribution in [3.63, 3.8) is 0 Å². The van der Waals surface area contributed by atoms with E-state index in [1.807, 2.05) is 12.3 Å². The summed E-state index contributed by atoms with van der Waals surface area (Å²) in [6, 6.07) is 17.4. The van der Waals surface area contributed by atoms with Crippen LogP contribution in [0.2, 0.25) is 0 Å². The van der Waals surface area contributed by atoms with Gasteiger partial charge in [-0.3, -0.25) is 4.98 Å². The van der Waals surface area contributed by atoms with Crippen LogP contribution in [0.5, 0.6) is 0 Å². The second-order valence-corrected chi connectivity index (χ2v) is 7.59. The van der Waals surface area contributed by atoms with Crippen LogP contribution in [0.15, 0.2) is 65.7 Å². The molecule has 0 atom stereocenters. The molecule has 0 spiro atoms. The average molecular weight is 376 g/mol. The van der Waals surface area contributed by atoms with Gasteiger partial charge in [-0.2, -0.15) is 0 Å². The number of aromatic nitrogens is 2. The number of hydrogen-bond acceptors (Lipinski definition) is 2. The van der Waals surface area contributed by atoms with Gasteiger partial charge in [0.1, 0.15) is 5.82 Å². The van der Waals surface area contributed by atoms with Gasteiger partial charge in [0.05, 0.1) is 11.2 Å². The Morgan fingerprint density at radius 3 is 2.52 bits per heavy atom. The van der Waals surface area contributed by atoms with Crippen LogP contribution in [0.1, 0.15) is 16.8 Å². The van der Waals surface area contributed by atoms with E-state index in [0.717, 1.165) is 22.3 Å². The number of rotatable bonds is 4. The predicted octanol–water partition coefficient (Wildman–Crippen LogP) is 6.23. The van der Waals surface area contributed by atoms with Crippen LogP contribution in [-0.2, 0) is 6.54 Å². The maximum absolute atomic E-state index is 13.7. The molecular weight excluding hydrogens is 355 g/mol. The van der Waals surface area contributed by atoms with E-state index in [4.69, 9.17) is 4.98 Å². The molecule has 0 aliphatic rings. The normalized spacial score (nSPS) is 11.3. The van der Waals surface area contributed by atoms with Crippen molar-refractivity contribution in [3.05, 3.63) is 83.4 Å². The first-order valence-corrected chi connectivity index (χ1v) is 10.1. The number of aryl methyl sites for hydroxylation is 1. The molecule has 0 aliphatic carbocycles. The Morgan fingerprint density at radius 1 is 1.04 bits per heavy atom. The zero-order chi connectivity index (χ0) is 19.0. The number of thioether (sulfide) groups is 1. The van der Waals surface area contributed by atoms with E-state index in [-0.39, 0.29) is 5.82 Å². The summed E-state index contributed by atoms with van der Waals surface area (Å²) in [7, 11) is 0. The quantitative estimate of drug-likeness (QED) is 0.393. The minimum atomic E-state index is -0.204. The second kappa shape index (κ2) is 7.20. The fourth-order valence-corrected chi connectivity index (χ4v) is 3.98. The van der Waals surface area contributed by atoms with Gasteiger partial charge in [0, 0.05) is 34.3 Å². The summed E-state index contributed by atoms with van der Waals surface area (Å²) in [5, 5.41) is 1.20. The van der Waals surface area contributed by atoms with Gasteiger partial charge in [0.25, 0.3) is 0 Å². The Kier molecular flexibility index (Phi) is 4.75. The van der Waals surface area contributed by atoms with Gasteiger partial charge < -0.3 is 4.57 Å². The third kappa shape index (κ3) is 3.26. The first kappa shape index (κ1) is 17.8. The highest BCUT2D eigenvalue weighted by Crippen LogP contribution is 2.33. The van der Waals surface area contributed by atoms with Crippen molar-refractivity contribution in [3.8, 4) is 11.3 Å². The lowest BCUT2D eigenvalue weighted by molar-refractivity contribution is 0.623. The Morgan fingerprint density at radius 2 is 1.81 bits per heavy atom. The second-order valence-electron chi connectivity index (χ2n) is 6.71. The van der Waals surface area contributed by atoms with Crippen LogP contribution in [-0.4, -0.2) is 15.8 Å². The maximum atomic E-state index is 13.7. The molecule has 0 radical (unpaired) electrons. The zero-order valence-electron chi connectivity index (χ0n) is 15.7. The van der Waals surface area contributed by atoms with Crippen LogP contribution in [0.4, 0.5) is 4.39 Å². The van der Waals surface area contributed by atoms with Gasteiger partial charge in [-0.15, -0.1) is 11.8 Å². The zero-order valence-corrected chi connectivity index (χ0v) is 16.5. The van der Waals surface area contributed by atoms with Crippen molar-refractivity contribution >= 4 is 22.7 Å². The van der Waals surface area contributed by atoms with E-state index >= 15 is 0 Å². The molecule has 4 heteroatoms. The molecule has 0 amide bonds. The molecule has 0 N–H and O–H groups in total. The Bertz CT molecular complexity index is 1110. The summed E-state index contributed by atoms with van der Waals surface area (Å²) in [5.41, 5.74) is 6.54. The smallest absolute Gasteiger partial charge is 0.123 e. The van der Waals surface area contributed by atoms with E-state index in [1.54, 1.807) is 23.9 Å². The fourth-order valence-electron chi connectivity index (χ4n) is 3.57. The van der Waals surface area contributed by atoms with Crippen LogP contribution in [0.25, 0.3) is 22.2 Å².